The Kier molecular flexibility index (Phi) is 6.18. The lowest BCUT2D eigenvalue weighted by atomic mass is 10.1. The van der Waals surface area contributed by atoms with E-state index in [2.05, 4.69) is 10.2 Å². The van der Waals surface area contributed by atoms with Gasteiger partial charge in [0.1, 0.15) is 5.82 Å². The molecule has 1 saturated heterocycles. The summed E-state index contributed by atoms with van der Waals surface area (Å²) in [4.78, 5) is 29.2. The Morgan fingerprint density at radius 1 is 0.839 bits per heavy atom. The Bertz CT molecular complexity index is 1100. The van der Waals surface area contributed by atoms with Gasteiger partial charge in [-0.05, 0) is 48.5 Å². The molecule has 3 aromatic rings. The maximum absolute atomic E-state index is 14.0. The number of piperazine rings is 1. The molecule has 0 spiro atoms. The molecule has 7 heteroatoms. The van der Waals surface area contributed by atoms with E-state index in [1.54, 1.807) is 47.4 Å². The Balaban J connectivity index is 1.44. The van der Waals surface area contributed by atoms with Crippen molar-refractivity contribution in [3.63, 3.8) is 0 Å². The summed E-state index contributed by atoms with van der Waals surface area (Å²) in [5.41, 5.74) is 2.05. The predicted molar refractivity (Wildman–Crippen MR) is 120 cm³/mol. The van der Waals surface area contributed by atoms with E-state index >= 15 is 0 Å². The van der Waals surface area contributed by atoms with E-state index in [1.807, 2.05) is 18.2 Å². The lowest BCUT2D eigenvalue weighted by Gasteiger charge is -2.37. The van der Waals surface area contributed by atoms with Crippen LogP contribution in [0.2, 0.25) is 5.02 Å². The van der Waals surface area contributed by atoms with Crippen LogP contribution in [-0.2, 0) is 0 Å². The molecular weight excluding hydrogens is 417 g/mol. The minimum absolute atomic E-state index is 0.00400. The Labute approximate surface area is 185 Å². The summed E-state index contributed by atoms with van der Waals surface area (Å²) in [5, 5.41) is 3.41. The van der Waals surface area contributed by atoms with Gasteiger partial charge in [0.15, 0.2) is 0 Å². The molecule has 158 valence electrons. The van der Waals surface area contributed by atoms with Crippen LogP contribution in [0.15, 0.2) is 72.8 Å². The molecule has 3 aromatic carbocycles. The smallest absolute Gasteiger partial charge is 0.258 e. The fourth-order valence-electron chi connectivity index (χ4n) is 3.62. The summed E-state index contributed by atoms with van der Waals surface area (Å²) >= 11 is 5.91. The van der Waals surface area contributed by atoms with Crippen molar-refractivity contribution in [2.75, 3.05) is 36.4 Å². The highest BCUT2D eigenvalue weighted by Crippen LogP contribution is 2.27. The van der Waals surface area contributed by atoms with E-state index in [1.165, 1.54) is 12.1 Å². The van der Waals surface area contributed by atoms with E-state index in [0.717, 1.165) is 5.69 Å². The zero-order chi connectivity index (χ0) is 21.8. The second kappa shape index (κ2) is 9.18. The van der Waals surface area contributed by atoms with E-state index in [-0.39, 0.29) is 11.5 Å². The van der Waals surface area contributed by atoms with Gasteiger partial charge >= 0.3 is 0 Å². The highest BCUT2D eigenvalue weighted by molar-refractivity contribution is 6.30. The van der Waals surface area contributed by atoms with E-state index in [4.69, 9.17) is 11.6 Å². The first-order valence-electron chi connectivity index (χ1n) is 9.97. The molecule has 0 aliphatic carbocycles. The van der Waals surface area contributed by atoms with Crippen LogP contribution < -0.4 is 10.2 Å². The third-order valence-electron chi connectivity index (χ3n) is 5.27. The van der Waals surface area contributed by atoms with Crippen molar-refractivity contribution in [1.82, 2.24) is 4.90 Å². The highest BCUT2D eigenvalue weighted by atomic mass is 35.5. The van der Waals surface area contributed by atoms with Crippen molar-refractivity contribution in [3.05, 3.63) is 94.8 Å². The second-order valence-electron chi connectivity index (χ2n) is 7.24. The Morgan fingerprint density at radius 3 is 2.19 bits per heavy atom. The lowest BCUT2D eigenvalue weighted by Crippen LogP contribution is -2.49. The number of rotatable bonds is 4. The van der Waals surface area contributed by atoms with Gasteiger partial charge in [0.2, 0.25) is 0 Å². The monoisotopic (exact) mass is 437 g/mol. The van der Waals surface area contributed by atoms with Gasteiger partial charge in [-0.2, -0.15) is 0 Å². The van der Waals surface area contributed by atoms with Gasteiger partial charge in [0.05, 0.1) is 16.9 Å². The highest BCUT2D eigenvalue weighted by Gasteiger charge is 2.24. The molecule has 1 aliphatic rings. The summed E-state index contributed by atoms with van der Waals surface area (Å²) in [6.45, 7) is 2.34. The number of carbonyl (C=O) groups excluding carboxylic acids is 2. The summed E-state index contributed by atoms with van der Waals surface area (Å²) in [5.74, 6) is -1.09. The van der Waals surface area contributed by atoms with Crippen LogP contribution in [0, 0.1) is 5.82 Å². The van der Waals surface area contributed by atoms with Gasteiger partial charge in [-0.15, -0.1) is 0 Å². The SMILES string of the molecule is O=C(Nc1ccccc1N1CCN(C(=O)c2ccc(Cl)cc2)CC1)c1ccccc1F. The number of anilines is 2. The number of nitrogens with zero attached hydrogens (tertiary/aromatic N) is 2. The molecule has 0 aromatic heterocycles. The number of nitrogens with one attached hydrogen (secondary N) is 1. The minimum atomic E-state index is -0.563. The standard InChI is InChI=1S/C24H21ClFN3O2/c25-18-11-9-17(10-12-18)24(31)29-15-13-28(14-16-29)22-8-4-3-7-21(22)27-23(30)19-5-1-2-6-20(19)26/h1-12H,13-16H2,(H,27,30). The molecule has 1 fully saturated rings. The average Bonchev–Trinajstić information content (AvgIpc) is 2.80. The van der Waals surface area contributed by atoms with E-state index in [0.29, 0.717) is 42.5 Å². The summed E-state index contributed by atoms with van der Waals surface area (Å²) in [6.07, 6.45) is 0. The van der Waals surface area contributed by atoms with Crippen molar-refractivity contribution < 1.29 is 14.0 Å². The number of amides is 2. The van der Waals surface area contributed by atoms with E-state index in [9.17, 15) is 14.0 Å². The van der Waals surface area contributed by atoms with Crippen molar-refractivity contribution in [3.8, 4) is 0 Å². The van der Waals surface area contributed by atoms with Crippen LogP contribution in [0.5, 0.6) is 0 Å². The van der Waals surface area contributed by atoms with Crippen molar-refractivity contribution in [1.29, 1.82) is 0 Å². The predicted octanol–water partition coefficient (Wildman–Crippen LogP) is 4.69. The summed E-state index contributed by atoms with van der Waals surface area (Å²) in [7, 11) is 0. The summed E-state index contributed by atoms with van der Waals surface area (Å²) < 4.78 is 14.0. The van der Waals surface area contributed by atoms with Crippen LogP contribution in [0.3, 0.4) is 0 Å². The normalized spacial score (nSPS) is 13.7. The molecule has 0 radical (unpaired) electrons. The first-order chi connectivity index (χ1) is 15.0. The molecule has 0 unspecified atom stereocenters. The topological polar surface area (TPSA) is 52.7 Å². The molecule has 1 aliphatic heterocycles. The van der Waals surface area contributed by atoms with Gasteiger partial charge in [0, 0.05) is 36.8 Å². The van der Waals surface area contributed by atoms with E-state index < -0.39 is 11.7 Å². The maximum Gasteiger partial charge on any atom is 0.258 e. The van der Waals surface area contributed by atoms with Crippen LogP contribution >= 0.6 is 11.6 Å². The molecule has 0 atom stereocenters. The van der Waals surface area contributed by atoms with Crippen molar-refractivity contribution in [2.24, 2.45) is 0 Å². The number of para-hydroxylation sites is 2. The van der Waals surface area contributed by atoms with Gasteiger partial charge < -0.3 is 15.1 Å². The number of carbonyl (C=O) groups is 2. The first-order valence-corrected chi connectivity index (χ1v) is 10.4. The van der Waals surface area contributed by atoms with Crippen LogP contribution in [0.4, 0.5) is 15.8 Å². The summed E-state index contributed by atoms with van der Waals surface area (Å²) in [6, 6.07) is 20.2. The zero-order valence-corrected chi connectivity index (χ0v) is 17.5. The minimum Gasteiger partial charge on any atom is -0.366 e. The number of hydrogen-bond donors (Lipinski definition) is 1. The molecule has 0 saturated carbocycles. The third-order valence-corrected chi connectivity index (χ3v) is 5.52. The van der Waals surface area contributed by atoms with Crippen LogP contribution in [0.1, 0.15) is 20.7 Å². The molecule has 2 amide bonds. The van der Waals surface area contributed by atoms with Crippen LogP contribution in [0.25, 0.3) is 0 Å². The Hall–Kier alpha value is -3.38. The quantitative estimate of drug-likeness (QED) is 0.644. The lowest BCUT2D eigenvalue weighted by molar-refractivity contribution is 0.0746. The maximum atomic E-state index is 14.0. The number of hydrogen-bond acceptors (Lipinski definition) is 3. The molecule has 1 N–H and O–H groups in total. The largest absolute Gasteiger partial charge is 0.366 e. The number of halogens is 2. The third kappa shape index (κ3) is 4.70. The van der Waals surface area contributed by atoms with Crippen molar-refractivity contribution >= 4 is 34.8 Å². The van der Waals surface area contributed by atoms with Crippen molar-refractivity contribution in [2.45, 2.75) is 0 Å². The van der Waals surface area contributed by atoms with Crippen LogP contribution in [-0.4, -0.2) is 42.9 Å². The van der Waals surface area contributed by atoms with Gasteiger partial charge in [-0.25, -0.2) is 4.39 Å². The molecule has 31 heavy (non-hydrogen) atoms. The fourth-order valence-corrected chi connectivity index (χ4v) is 3.74. The Morgan fingerprint density at radius 2 is 1.48 bits per heavy atom. The average molecular weight is 438 g/mol. The molecular formula is C24H21ClFN3O2. The zero-order valence-electron chi connectivity index (χ0n) is 16.7. The molecule has 4 rings (SSSR count). The molecule has 0 bridgehead atoms. The molecule has 5 nitrogen and oxygen atoms in total. The first kappa shape index (κ1) is 20.9. The fraction of sp³-hybridized carbons (Fsp3) is 0.167. The number of benzene rings is 3. The molecule has 1 heterocycles. The van der Waals surface area contributed by atoms with Gasteiger partial charge in [0.25, 0.3) is 11.8 Å². The van der Waals surface area contributed by atoms with Gasteiger partial charge in [-0.3, -0.25) is 9.59 Å². The second-order valence-corrected chi connectivity index (χ2v) is 7.67. The van der Waals surface area contributed by atoms with Gasteiger partial charge in [-0.1, -0.05) is 35.9 Å².